The van der Waals surface area contributed by atoms with Gasteiger partial charge in [0.05, 0.1) is 11.9 Å². The second-order valence-electron chi connectivity index (χ2n) is 4.52. The Labute approximate surface area is 124 Å². The van der Waals surface area contributed by atoms with Gasteiger partial charge in [0.15, 0.2) is 0 Å². The van der Waals surface area contributed by atoms with Crippen LogP contribution in [0.1, 0.15) is 11.3 Å². The molecule has 0 saturated carbocycles. The molecule has 0 radical (unpaired) electrons. The molecule has 2 heterocycles. The first kappa shape index (κ1) is 15.8. The third kappa shape index (κ3) is 3.96. The summed E-state index contributed by atoms with van der Waals surface area (Å²) >= 11 is 0. The van der Waals surface area contributed by atoms with E-state index < -0.39 is 17.8 Å². The van der Waals surface area contributed by atoms with Gasteiger partial charge in [-0.15, -0.1) is 0 Å². The Morgan fingerprint density at radius 3 is 2.64 bits per heavy atom. The second kappa shape index (κ2) is 6.46. The molecule has 0 aliphatic carbocycles. The van der Waals surface area contributed by atoms with E-state index in [1.807, 2.05) is 0 Å². The monoisotopic (exact) mass is 313 g/mol. The van der Waals surface area contributed by atoms with Crippen molar-refractivity contribution in [3.63, 3.8) is 0 Å². The Balaban J connectivity index is 2.11. The number of nitrogens with zero attached hydrogens (tertiary/aromatic N) is 2. The molecular weight excluding hydrogens is 299 g/mol. The molecule has 2 aromatic heterocycles. The van der Waals surface area contributed by atoms with Crippen LogP contribution in [0.25, 0.3) is 0 Å². The van der Waals surface area contributed by atoms with Gasteiger partial charge in [-0.2, -0.15) is 13.2 Å². The molecule has 2 aromatic rings. The summed E-state index contributed by atoms with van der Waals surface area (Å²) in [6.07, 6.45) is -0.381. The first-order valence-corrected chi connectivity index (χ1v) is 6.39. The third-order valence-electron chi connectivity index (χ3n) is 2.95. The molecule has 0 aliphatic rings. The maximum Gasteiger partial charge on any atom is 0.417 e. The van der Waals surface area contributed by atoms with Gasteiger partial charge in [0.1, 0.15) is 11.9 Å². The smallest absolute Gasteiger partial charge is 0.358 e. The molecule has 1 atom stereocenters. The van der Waals surface area contributed by atoms with Crippen LogP contribution in [0.5, 0.6) is 0 Å². The minimum absolute atomic E-state index is 0.182. The normalized spacial score (nSPS) is 12.7. The number of H-pyrrole nitrogens is 1. The van der Waals surface area contributed by atoms with Crippen LogP contribution < -0.4 is 10.6 Å². The van der Waals surface area contributed by atoms with Crippen LogP contribution in [-0.4, -0.2) is 33.9 Å². The summed E-state index contributed by atoms with van der Waals surface area (Å²) in [4.78, 5) is 22.3. The van der Waals surface area contributed by atoms with Crippen LogP contribution >= 0.6 is 0 Å². The molecule has 0 spiro atoms. The number of carbonyl (C=O) groups excluding carboxylic acids is 1. The maximum atomic E-state index is 12.5. The molecule has 0 aliphatic heterocycles. The van der Waals surface area contributed by atoms with Crippen molar-refractivity contribution in [3.8, 4) is 0 Å². The van der Waals surface area contributed by atoms with E-state index in [0.29, 0.717) is 12.1 Å². The first-order chi connectivity index (χ1) is 10.4. The largest absolute Gasteiger partial charge is 0.417 e. The van der Waals surface area contributed by atoms with Gasteiger partial charge in [-0.05, 0) is 12.1 Å². The number of pyridine rings is 1. The molecule has 0 unspecified atom stereocenters. The van der Waals surface area contributed by atoms with Crippen molar-refractivity contribution < 1.29 is 18.0 Å². The quantitative estimate of drug-likeness (QED) is 0.783. The number of hydrogen-bond acceptors (Lipinski definition) is 4. The van der Waals surface area contributed by atoms with Crippen LogP contribution in [0.4, 0.5) is 19.0 Å². The van der Waals surface area contributed by atoms with Crippen LogP contribution in [0.2, 0.25) is 0 Å². The summed E-state index contributed by atoms with van der Waals surface area (Å²) in [5, 5.41) is 5.30. The highest BCUT2D eigenvalue weighted by atomic mass is 19.4. The number of carbonyl (C=O) groups is 1. The van der Waals surface area contributed by atoms with Crippen LogP contribution in [0, 0.1) is 0 Å². The molecule has 0 aromatic carbocycles. The average molecular weight is 313 g/mol. The number of aromatic nitrogens is 3. The van der Waals surface area contributed by atoms with Crippen molar-refractivity contribution in [2.75, 3.05) is 12.4 Å². The zero-order valence-corrected chi connectivity index (χ0v) is 11.6. The predicted octanol–water partition coefficient (Wildman–Crippen LogP) is 1.59. The number of rotatable bonds is 5. The van der Waals surface area contributed by atoms with E-state index in [2.05, 4.69) is 25.6 Å². The standard InChI is InChI=1S/C13H14F3N5O/c1-17-12(22)10(4-9-6-18-7-20-9)21-11-3-2-8(5-19-11)13(14,15)16/h2-3,5-7,10H,4H2,1H3,(H,17,22)(H,18,20)(H,19,21)/t10-/m0/s1. The number of aromatic amines is 1. The van der Waals surface area contributed by atoms with E-state index in [9.17, 15) is 18.0 Å². The van der Waals surface area contributed by atoms with E-state index in [4.69, 9.17) is 0 Å². The van der Waals surface area contributed by atoms with E-state index in [1.165, 1.54) is 19.4 Å². The van der Waals surface area contributed by atoms with Gasteiger partial charge in [0.25, 0.3) is 0 Å². The fraction of sp³-hybridized carbons (Fsp3) is 0.308. The minimum Gasteiger partial charge on any atom is -0.358 e. The molecule has 0 bridgehead atoms. The van der Waals surface area contributed by atoms with Gasteiger partial charge in [0, 0.05) is 31.6 Å². The van der Waals surface area contributed by atoms with E-state index in [-0.39, 0.29) is 11.7 Å². The Hall–Kier alpha value is -2.58. The number of anilines is 1. The van der Waals surface area contributed by atoms with Crippen LogP contribution in [0.15, 0.2) is 30.9 Å². The van der Waals surface area contributed by atoms with Gasteiger partial charge in [-0.1, -0.05) is 0 Å². The average Bonchev–Trinajstić information content (AvgIpc) is 2.98. The summed E-state index contributed by atoms with van der Waals surface area (Å²) < 4.78 is 37.4. The van der Waals surface area contributed by atoms with Crippen molar-refractivity contribution in [1.29, 1.82) is 0 Å². The lowest BCUT2D eigenvalue weighted by molar-refractivity contribution is -0.137. The van der Waals surface area contributed by atoms with Crippen molar-refractivity contribution in [2.24, 2.45) is 0 Å². The minimum atomic E-state index is -4.44. The Morgan fingerprint density at radius 1 is 1.36 bits per heavy atom. The molecule has 2 rings (SSSR count). The topological polar surface area (TPSA) is 82.7 Å². The lowest BCUT2D eigenvalue weighted by Crippen LogP contribution is -2.39. The zero-order valence-electron chi connectivity index (χ0n) is 11.6. The number of nitrogens with one attached hydrogen (secondary N) is 3. The van der Waals surface area contributed by atoms with E-state index in [0.717, 1.165) is 12.3 Å². The van der Waals surface area contributed by atoms with Gasteiger partial charge < -0.3 is 15.6 Å². The molecule has 3 N–H and O–H groups in total. The van der Waals surface area contributed by atoms with Crippen molar-refractivity contribution >= 4 is 11.7 Å². The van der Waals surface area contributed by atoms with Gasteiger partial charge >= 0.3 is 6.18 Å². The number of hydrogen-bond donors (Lipinski definition) is 3. The number of imidazole rings is 1. The molecule has 0 fully saturated rings. The fourth-order valence-corrected chi connectivity index (χ4v) is 1.83. The number of likely N-dealkylation sites (N-methyl/N-ethyl adjacent to an activating group) is 1. The van der Waals surface area contributed by atoms with Crippen LogP contribution in [-0.2, 0) is 17.4 Å². The Kier molecular flexibility index (Phi) is 4.64. The molecule has 1 amide bonds. The summed E-state index contributed by atoms with van der Waals surface area (Å²) in [6, 6.07) is 1.41. The van der Waals surface area contributed by atoms with Gasteiger partial charge in [-0.25, -0.2) is 9.97 Å². The van der Waals surface area contributed by atoms with Crippen molar-refractivity contribution in [2.45, 2.75) is 18.6 Å². The molecule has 22 heavy (non-hydrogen) atoms. The summed E-state index contributed by atoms with van der Waals surface area (Å²) in [7, 11) is 1.48. The molecule has 6 nitrogen and oxygen atoms in total. The predicted molar refractivity (Wildman–Crippen MR) is 73.0 cm³/mol. The zero-order chi connectivity index (χ0) is 16.2. The van der Waals surface area contributed by atoms with Crippen molar-refractivity contribution in [3.05, 3.63) is 42.1 Å². The summed E-state index contributed by atoms with van der Waals surface area (Å²) in [6.45, 7) is 0. The Morgan fingerprint density at radius 2 is 2.14 bits per heavy atom. The number of alkyl halides is 3. The first-order valence-electron chi connectivity index (χ1n) is 6.39. The second-order valence-corrected chi connectivity index (χ2v) is 4.52. The Bertz CT molecular complexity index is 610. The molecule has 9 heteroatoms. The van der Waals surface area contributed by atoms with Gasteiger partial charge in [-0.3, -0.25) is 4.79 Å². The highest BCUT2D eigenvalue weighted by Crippen LogP contribution is 2.28. The van der Waals surface area contributed by atoms with E-state index >= 15 is 0 Å². The lowest BCUT2D eigenvalue weighted by Gasteiger charge is -2.17. The maximum absolute atomic E-state index is 12.5. The summed E-state index contributed by atoms with van der Waals surface area (Å²) in [5.41, 5.74) is -0.129. The molecule has 118 valence electrons. The number of amides is 1. The SMILES string of the molecule is CNC(=O)[C@H](Cc1cnc[nH]1)Nc1ccc(C(F)(F)F)cn1. The third-order valence-corrected chi connectivity index (χ3v) is 2.95. The fourth-order valence-electron chi connectivity index (χ4n) is 1.83. The molecule has 0 saturated heterocycles. The van der Waals surface area contributed by atoms with E-state index in [1.54, 1.807) is 6.20 Å². The molecular formula is C13H14F3N5O. The van der Waals surface area contributed by atoms with Gasteiger partial charge in [0.2, 0.25) is 5.91 Å². The number of halogens is 3. The highest BCUT2D eigenvalue weighted by Gasteiger charge is 2.30. The lowest BCUT2D eigenvalue weighted by atomic mass is 10.1. The van der Waals surface area contributed by atoms with Crippen LogP contribution in [0.3, 0.4) is 0 Å². The highest BCUT2D eigenvalue weighted by molar-refractivity contribution is 5.84. The van der Waals surface area contributed by atoms with Crippen molar-refractivity contribution in [1.82, 2.24) is 20.3 Å². The summed E-state index contributed by atoms with van der Waals surface area (Å²) in [5.74, 6) is -0.127.